The van der Waals surface area contributed by atoms with Gasteiger partial charge in [0, 0.05) is 0 Å². The molecule has 4 rings (SSSR count). The van der Waals surface area contributed by atoms with Crippen molar-refractivity contribution < 1.29 is 9.21 Å². The number of nitrogens with two attached hydrogens (primary N) is 1. The molecule has 0 unspecified atom stereocenters. The summed E-state index contributed by atoms with van der Waals surface area (Å²) in [5.41, 5.74) is 9.32. The normalized spacial score (nSPS) is 11.6. The number of nitrogens with one attached hydrogen (secondary N) is 1. The minimum absolute atomic E-state index is 0.0249. The Morgan fingerprint density at radius 3 is 2.73 bits per heavy atom. The number of imidazole rings is 1. The second kappa shape index (κ2) is 7.14. The van der Waals surface area contributed by atoms with Gasteiger partial charge in [0.25, 0.3) is 0 Å². The Balaban J connectivity index is 1.70. The molecule has 4 aromatic rings. The number of hydrogen-bond donors (Lipinski definition) is 2. The van der Waals surface area contributed by atoms with E-state index < -0.39 is 5.54 Å². The first-order valence-electron chi connectivity index (χ1n) is 9.39. The number of hydrogen-bond acceptors (Lipinski definition) is 6. The van der Waals surface area contributed by atoms with Crippen LogP contribution in [0.5, 0.6) is 0 Å². The van der Waals surface area contributed by atoms with E-state index in [2.05, 4.69) is 26.8 Å². The molecule has 0 aliphatic carbocycles. The average Bonchev–Trinajstić information content (AvgIpc) is 3.37. The molecule has 0 atom stereocenters. The SMILES string of the molecule is C=C(C)c1cccc(C(C)(C)NC(=O)n2cnc3c(-c4ccco4)nc(N)nc32)c1. The van der Waals surface area contributed by atoms with Gasteiger partial charge in [0.1, 0.15) is 17.5 Å². The quantitative estimate of drug-likeness (QED) is 0.529. The fraction of sp³-hybridized carbons (Fsp3) is 0.182. The number of rotatable bonds is 4. The van der Waals surface area contributed by atoms with Gasteiger partial charge in [-0.3, -0.25) is 0 Å². The smallest absolute Gasteiger partial charge is 0.329 e. The van der Waals surface area contributed by atoms with Gasteiger partial charge in [-0.15, -0.1) is 0 Å². The number of benzene rings is 1. The van der Waals surface area contributed by atoms with Crippen molar-refractivity contribution in [3.8, 4) is 11.5 Å². The van der Waals surface area contributed by atoms with Crippen molar-refractivity contribution in [1.29, 1.82) is 0 Å². The van der Waals surface area contributed by atoms with Crippen molar-refractivity contribution in [2.24, 2.45) is 0 Å². The zero-order valence-corrected chi connectivity index (χ0v) is 17.0. The van der Waals surface area contributed by atoms with Gasteiger partial charge >= 0.3 is 6.03 Å². The van der Waals surface area contributed by atoms with Crippen molar-refractivity contribution in [1.82, 2.24) is 24.8 Å². The van der Waals surface area contributed by atoms with Crippen LogP contribution in [0.15, 0.2) is 60.0 Å². The number of anilines is 1. The number of fused-ring (bicyclic) bond motifs is 1. The van der Waals surface area contributed by atoms with Crippen molar-refractivity contribution in [2.75, 3.05) is 5.73 Å². The molecule has 30 heavy (non-hydrogen) atoms. The summed E-state index contributed by atoms with van der Waals surface area (Å²) >= 11 is 0. The van der Waals surface area contributed by atoms with E-state index in [9.17, 15) is 4.79 Å². The van der Waals surface area contributed by atoms with E-state index in [1.54, 1.807) is 12.1 Å². The highest BCUT2D eigenvalue weighted by Crippen LogP contribution is 2.27. The molecule has 0 radical (unpaired) electrons. The van der Waals surface area contributed by atoms with Crippen LogP contribution in [0.3, 0.4) is 0 Å². The molecule has 1 amide bonds. The zero-order chi connectivity index (χ0) is 21.5. The second-order valence-electron chi connectivity index (χ2n) is 7.61. The molecule has 0 aliphatic rings. The van der Waals surface area contributed by atoms with Crippen molar-refractivity contribution in [3.63, 3.8) is 0 Å². The summed E-state index contributed by atoms with van der Waals surface area (Å²) in [7, 11) is 0. The van der Waals surface area contributed by atoms with Crippen LogP contribution >= 0.6 is 0 Å². The van der Waals surface area contributed by atoms with Crippen LogP contribution in [-0.4, -0.2) is 25.6 Å². The van der Waals surface area contributed by atoms with Crippen molar-refractivity contribution in [3.05, 3.63) is 66.7 Å². The largest absolute Gasteiger partial charge is 0.463 e. The first kappa shape index (κ1) is 19.4. The van der Waals surface area contributed by atoms with Gasteiger partial charge in [-0.05, 0) is 50.1 Å². The van der Waals surface area contributed by atoms with Gasteiger partial charge in [0.05, 0.1) is 11.8 Å². The maximum absolute atomic E-state index is 13.1. The molecule has 0 fully saturated rings. The Bertz CT molecular complexity index is 1250. The number of furan rings is 1. The van der Waals surface area contributed by atoms with Crippen LogP contribution in [-0.2, 0) is 5.54 Å². The van der Waals surface area contributed by atoms with Gasteiger partial charge in [-0.2, -0.15) is 4.98 Å². The van der Waals surface area contributed by atoms with Gasteiger partial charge in [-0.1, -0.05) is 30.4 Å². The van der Waals surface area contributed by atoms with Crippen LogP contribution in [0.4, 0.5) is 10.7 Å². The Hall–Kier alpha value is -3.94. The molecule has 3 N–H and O–H groups in total. The molecule has 0 bridgehead atoms. The van der Waals surface area contributed by atoms with E-state index in [1.165, 1.54) is 17.2 Å². The Morgan fingerprint density at radius 1 is 1.23 bits per heavy atom. The van der Waals surface area contributed by atoms with E-state index in [1.807, 2.05) is 45.0 Å². The maximum Gasteiger partial charge on any atom is 0.329 e. The van der Waals surface area contributed by atoms with Crippen LogP contribution in [0.2, 0.25) is 0 Å². The molecule has 0 saturated heterocycles. The van der Waals surface area contributed by atoms with Crippen LogP contribution in [0.1, 0.15) is 31.9 Å². The van der Waals surface area contributed by atoms with E-state index in [4.69, 9.17) is 10.2 Å². The lowest BCUT2D eigenvalue weighted by atomic mass is 9.92. The number of carbonyl (C=O) groups excluding carboxylic acids is 1. The lowest BCUT2D eigenvalue weighted by Crippen LogP contribution is -2.43. The lowest BCUT2D eigenvalue weighted by molar-refractivity contribution is 0.232. The standard InChI is InChI=1S/C22H22N6O2/c1-13(2)14-7-5-8-15(11-14)22(3,4)27-21(29)28-12-24-18-17(16-9-6-10-30-16)25-20(23)26-19(18)28/h5-12H,1H2,2-4H3,(H,27,29)(H2,23,25,26). The zero-order valence-electron chi connectivity index (χ0n) is 17.0. The predicted molar refractivity (Wildman–Crippen MR) is 116 cm³/mol. The molecular weight excluding hydrogens is 380 g/mol. The van der Waals surface area contributed by atoms with Gasteiger partial charge in [0.2, 0.25) is 5.95 Å². The number of nitrogen functional groups attached to an aromatic ring is 1. The number of carbonyl (C=O) groups is 1. The number of amides is 1. The van der Waals surface area contributed by atoms with Crippen molar-refractivity contribution >= 4 is 28.7 Å². The first-order chi connectivity index (χ1) is 14.3. The molecule has 8 nitrogen and oxygen atoms in total. The molecule has 0 spiro atoms. The number of aromatic nitrogens is 4. The fourth-order valence-electron chi connectivity index (χ4n) is 3.22. The Kier molecular flexibility index (Phi) is 4.62. The van der Waals surface area contributed by atoms with Crippen LogP contribution in [0.25, 0.3) is 28.2 Å². The van der Waals surface area contributed by atoms with Crippen LogP contribution in [0, 0.1) is 0 Å². The third-order valence-corrected chi connectivity index (χ3v) is 4.88. The maximum atomic E-state index is 13.1. The number of allylic oxidation sites excluding steroid dienone is 1. The second-order valence-corrected chi connectivity index (χ2v) is 7.61. The van der Waals surface area contributed by atoms with E-state index in [-0.39, 0.29) is 12.0 Å². The molecule has 8 heteroatoms. The molecule has 0 saturated carbocycles. The van der Waals surface area contributed by atoms with E-state index in [0.717, 1.165) is 16.7 Å². The monoisotopic (exact) mass is 402 g/mol. The minimum atomic E-state index is -0.651. The highest BCUT2D eigenvalue weighted by atomic mass is 16.3. The predicted octanol–water partition coefficient (Wildman–Crippen LogP) is 4.19. The highest BCUT2D eigenvalue weighted by Gasteiger charge is 2.26. The first-order valence-corrected chi connectivity index (χ1v) is 9.39. The third kappa shape index (κ3) is 3.43. The summed E-state index contributed by atoms with van der Waals surface area (Å²) < 4.78 is 6.74. The summed E-state index contributed by atoms with van der Waals surface area (Å²) in [4.78, 5) is 25.9. The lowest BCUT2D eigenvalue weighted by Gasteiger charge is -2.27. The Labute approximate surface area is 173 Å². The van der Waals surface area contributed by atoms with Crippen molar-refractivity contribution in [2.45, 2.75) is 26.3 Å². The van der Waals surface area contributed by atoms with E-state index >= 15 is 0 Å². The van der Waals surface area contributed by atoms with Gasteiger partial charge < -0.3 is 15.5 Å². The minimum Gasteiger partial charge on any atom is -0.463 e. The molecule has 3 heterocycles. The summed E-state index contributed by atoms with van der Waals surface area (Å²) in [5.74, 6) is 0.522. The fourth-order valence-corrected chi connectivity index (χ4v) is 3.22. The Morgan fingerprint density at radius 2 is 2.03 bits per heavy atom. The molecule has 152 valence electrons. The number of nitrogens with zero attached hydrogens (tertiary/aromatic N) is 4. The van der Waals surface area contributed by atoms with E-state index in [0.29, 0.717) is 22.6 Å². The summed E-state index contributed by atoms with van der Waals surface area (Å²) in [6, 6.07) is 11.0. The highest BCUT2D eigenvalue weighted by molar-refractivity contribution is 5.93. The topological polar surface area (TPSA) is 112 Å². The van der Waals surface area contributed by atoms with Gasteiger partial charge in [-0.25, -0.2) is 19.3 Å². The third-order valence-electron chi connectivity index (χ3n) is 4.88. The van der Waals surface area contributed by atoms with Crippen LogP contribution < -0.4 is 11.1 Å². The summed E-state index contributed by atoms with van der Waals surface area (Å²) in [6.45, 7) is 9.80. The average molecular weight is 402 g/mol. The molecule has 0 aliphatic heterocycles. The summed E-state index contributed by atoms with van der Waals surface area (Å²) in [5, 5.41) is 3.04. The summed E-state index contributed by atoms with van der Waals surface area (Å²) in [6.07, 6.45) is 2.94. The van der Waals surface area contributed by atoms with Gasteiger partial charge in [0.15, 0.2) is 11.4 Å². The molecular formula is C22H22N6O2. The molecule has 1 aromatic carbocycles. The molecule has 3 aromatic heterocycles.